The van der Waals surface area contributed by atoms with Crippen molar-refractivity contribution in [1.29, 1.82) is 0 Å². The lowest BCUT2D eigenvalue weighted by molar-refractivity contribution is -0.113. The average Bonchev–Trinajstić information content (AvgIpc) is 3.18. The number of nitrogens with one attached hydrogen (secondary N) is 2. The zero-order valence-electron chi connectivity index (χ0n) is 18.3. The minimum Gasteiger partial charge on any atom is -0.495 e. The number of ether oxygens (including phenoxy) is 1. The molecule has 0 saturated heterocycles. The lowest BCUT2D eigenvalue weighted by Crippen LogP contribution is -2.24. The summed E-state index contributed by atoms with van der Waals surface area (Å²) in [6.07, 6.45) is 1.70. The van der Waals surface area contributed by atoms with Crippen molar-refractivity contribution >= 4 is 40.9 Å². The number of nitrogens with zero attached hydrogens (tertiary/aromatic N) is 3. The number of carbonyl (C=O) groups excluding carboxylic acids is 2. The van der Waals surface area contributed by atoms with E-state index < -0.39 is 0 Å². The van der Waals surface area contributed by atoms with Crippen molar-refractivity contribution in [3.8, 4) is 5.75 Å². The van der Waals surface area contributed by atoms with Crippen LogP contribution in [0.25, 0.3) is 0 Å². The van der Waals surface area contributed by atoms with Crippen LogP contribution in [0.4, 0.5) is 5.69 Å². The number of aromatic nitrogens is 3. The molecule has 33 heavy (non-hydrogen) atoms. The summed E-state index contributed by atoms with van der Waals surface area (Å²) < 4.78 is 7.06. The number of halogens is 1. The van der Waals surface area contributed by atoms with Gasteiger partial charge in [-0.15, -0.1) is 16.8 Å². The van der Waals surface area contributed by atoms with Crippen LogP contribution >= 0.6 is 23.4 Å². The molecule has 0 fully saturated rings. The predicted octanol–water partition coefficient (Wildman–Crippen LogP) is 4.10. The normalized spacial score (nSPS) is 10.5. The van der Waals surface area contributed by atoms with Crippen molar-refractivity contribution in [1.82, 2.24) is 20.1 Å². The molecule has 1 aromatic heterocycles. The second-order valence-corrected chi connectivity index (χ2v) is 8.41. The fourth-order valence-electron chi connectivity index (χ4n) is 2.93. The van der Waals surface area contributed by atoms with Crippen LogP contribution in [0.2, 0.25) is 5.02 Å². The number of carbonyl (C=O) groups is 2. The molecule has 3 aromatic rings. The molecule has 0 aliphatic heterocycles. The van der Waals surface area contributed by atoms with Gasteiger partial charge in [0.05, 0.1) is 25.1 Å². The van der Waals surface area contributed by atoms with E-state index in [9.17, 15) is 9.59 Å². The van der Waals surface area contributed by atoms with Crippen molar-refractivity contribution in [3.05, 3.63) is 77.1 Å². The summed E-state index contributed by atoms with van der Waals surface area (Å²) in [7, 11) is 1.52. The highest BCUT2D eigenvalue weighted by Gasteiger charge is 2.16. The molecule has 2 aromatic carbocycles. The molecule has 2 amide bonds. The maximum atomic E-state index is 12.5. The van der Waals surface area contributed by atoms with Gasteiger partial charge in [-0.05, 0) is 37.3 Å². The molecule has 0 bridgehead atoms. The Morgan fingerprint density at radius 2 is 1.97 bits per heavy atom. The number of amides is 2. The molecular weight excluding hydrogens is 462 g/mol. The monoisotopic (exact) mass is 485 g/mol. The fraction of sp³-hybridized carbons (Fsp3) is 0.217. The zero-order valence-corrected chi connectivity index (χ0v) is 19.9. The van der Waals surface area contributed by atoms with Gasteiger partial charge in [0.25, 0.3) is 5.91 Å². The summed E-state index contributed by atoms with van der Waals surface area (Å²) in [4.78, 5) is 24.9. The molecule has 0 radical (unpaired) electrons. The van der Waals surface area contributed by atoms with Crippen LogP contribution < -0.4 is 15.4 Å². The van der Waals surface area contributed by atoms with Crippen LogP contribution in [0.3, 0.4) is 0 Å². The Morgan fingerprint density at radius 1 is 1.21 bits per heavy atom. The second-order valence-electron chi connectivity index (χ2n) is 7.03. The summed E-state index contributed by atoms with van der Waals surface area (Å²) in [6, 6.07) is 12.3. The first-order valence-corrected chi connectivity index (χ1v) is 11.4. The number of thioether (sulfide) groups is 1. The number of anilines is 1. The van der Waals surface area contributed by atoms with Crippen LogP contribution in [-0.4, -0.2) is 39.4 Å². The molecule has 0 spiro atoms. The van der Waals surface area contributed by atoms with Crippen LogP contribution in [-0.2, 0) is 17.9 Å². The number of rotatable bonds is 10. The third kappa shape index (κ3) is 6.59. The molecule has 10 heteroatoms. The predicted molar refractivity (Wildman–Crippen MR) is 130 cm³/mol. The van der Waals surface area contributed by atoms with E-state index in [-0.39, 0.29) is 24.1 Å². The molecule has 2 N–H and O–H groups in total. The van der Waals surface area contributed by atoms with E-state index in [1.54, 1.807) is 41.0 Å². The molecule has 0 atom stereocenters. The van der Waals surface area contributed by atoms with E-state index >= 15 is 0 Å². The zero-order chi connectivity index (χ0) is 23.8. The molecule has 0 saturated carbocycles. The summed E-state index contributed by atoms with van der Waals surface area (Å²) in [5, 5.41) is 15.0. The van der Waals surface area contributed by atoms with Crippen molar-refractivity contribution < 1.29 is 14.3 Å². The Labute approximate surface area is 201 Å². The quantitative estimate of drug-likeness (QED) is 0.331. The first kappa shape index (κ1) is 24.3. The second kappa shape index (κ2) is 11.5. The van der Waals surface area contributed by atoms with E-state index in [1.807, 2.05) is 19.1 Å². The van der Waals surface area contributed by atoms with Crippen LogP contribution in [0.15, 0.2) is 60.3 Å². The number of methoxy groups -OCH3 is 1. The van der Waals surface area contributed by atoms with Gasteiger partial charge in [0.2, 0.25) is 5.91 Å². The van der Waals surface area contributed by atoms with Gasteiger partial charge in [-0.1, -0.05) is 47.1 Å². The van der Waals surface area contributed by atoms with Crippen molar-refractivity contribution in [2.45, 2.75) is 25.2 Å². The van der Waals surface area contributed by atoms with E-state index in [4.69, 9.17) is 16.3 Å². The number of aryl methyl sites for hydroxylation is 1. The van der Waals surface area contributed by atoms with E-state index in [0.29, 0.717) is 39.5 Å². The maximum absolute atomic E-state index is 12.5. The number of benzene rings is 2. The lowest BCUT2D eigenvalue weighted by atomic mass is 10.1. The van der Waals surface area contributed by atoms with Crippen molar-refractivity contribution in [2.75, 3.05) is 18.2 Å². The Hall–Kier alpha value is -3.30. The smallest absolute Gasteiger partial charge is 0.251 e. The van der Waals surface area contributed by atoms with E-state index in [0.717, 1.165) is 5.56 Å². The molecule has 3 rings (SSSR count). The standard InChI is InChI=1S/C23H24ClN5O3S/c1-4-11-29-20(13-25-22(31)16-7-5-15(2)6-8-16)27-28-23(29)33-14-21(30)26-18-12-17(24)9-10-19(18)32-3/h4-10,12H,1,11,13-14H2,2-3H3,(H,25,31)(H,26,30). The van der Waals surface area contributed by atoms with Crippen molar-refractivity contribution in [2.24, 2.45) is 0 Å². The molecule has 8 nitrogen and oxygen atoms in total. The minimum absolute atomic E-state index is 0.0979. The molecule has 0 aliphatic rings. The lowest BCUT2D eigenvalue weighted by Gasteiger charge is -2.11. The van der Waals surface area contributed by atoms with Gasteiger partial charge in [0.1, 0.15) is 5.75 Å². The van der Waals surface area contributed by atoms with Crippen molar-refractivity contribution in [3.63, 3.8) is 0 Å². The van der Waals surface area contributed by atoms with Crippen LogP contribution in [0, 0.1) is 6.92 Å². The number of allylic oxidation sites excluding steroid dienone is 1. The maximum Gasteiger partial charge on any atom is 0.251 e. The highest BCUT2D eigenvalue weighted by atomic mass is 35.5. The van der Waals surface area contributed by atoms with Crippen LogP contribution in [0.1, 0.15) is 21.7 Å². The fourth-order valence-corrected chi connectivity index (χ4v) is 3.87. The van der Waals surface area contributed by atoms with Gasteiger partial charge < -0.3 is 19.9 Å². The van der Waals surface area contributed by atoms with E-state index in [2.05, 4.69) is 27.4 Å². The Balaban J connectivity index is 1.62. The third-order valence-electron chi connectivity index (χ3n) is 4.59. The SMILES string of the molecule is C=CCn1c(CNC(=O)c2ccc(C)cc2)nnc1SCC(=O)Nc1cc(Cl)ccc1OC. The van der Waals surface area contributed by atoms with Gasteiger partial charge in [-0.3, -0.25) is 9.59 Å². The van der Waals surface area contributed by atoms with Gasteiger partial charge in [0, 0.05) is 17.1 Å². The molecule has 0 aliphatic carbocycles. The molecule has 172 valence electrons. The first-order valence-electron chi connectivity index (χ1n) is 10.0. The third-order valence-corrected chi connectivity index (χ3v) is 5.80. The largest absolute Gasteiger partial charge is 0.495 e. The topological polar surface area (TPSA) is 98.1 Å². The number of hydrogen-bond acceptors (Lipinski definition) is 6. The van der Waals surface area contributed by atoms with Gasteiger partial charge in [-0.2, -0.15) is 0 Å². The summed E-state index contributed by atoms with van der Waals surface area (Å²) in [5.41, 5.74) is 2.14. The highest BCUT2D eigenvalue weighted by Crippen LogP contribution is 2.28. The first-order chi connectivity index (χ1) is 15.9. The Kier molecular flexibility index (Phi) is 8.51. The Bertz CT molecular complexity index is 1150. The summed E-state index contributed by atoms with van der Waals surface area (Å²) >= 11 is 7.24. The highest BCUT2D eigenvalue weighted by molar-refractivity contribution is 7.99. The average molecular weight is 486 g/mol. The van der Waals surface area contributed by atoms with Gasteiger partial charge in [-0.25, -0.2) is 0 Å². The molecule has 1 heterocycles. The van der Waals surface area contributed by atoms with Gasteiger partial charge >= 0.3 is 0 Å². The Morgan fingerprint density at radius 3 is 2.67 bits per heavy atom. The van der Waals surface area contributed by atoms with Gasteiger partial charge in [0.15, 0.2) is 11.0 Å². The number of hydrogen-bond donors (Lipinski definition) is 2. The minimum atomic E-state index is -0.247. The summed E-state index contributed by atoms with van der Waals surface area (Å²) in [6.45, 7) is 6.37. The molecule has 0 unspecified atom stereocenters. The van der Waals surface area contributed by atoms with E-state index in [1.165, 1.54) is 18.9 Å². The molecular formula is C23H24ClN5O3S. The van der Waals surface area contributed by atoms with Crippen LogP contribution in [0.5, 0.6) is 5.75 Å². The summed E-state index contributed by atoms with van der Waals surface area (Å²) in [5.74, 6) is 0.727.